The Bertz CT molecular complexity index is 1070. The Morgan fingerprint density at radius 1 is 0.926 bits per heavy atom. The molecule has 1 amide bonds. The Balaban J connectivity index is 1.80. The van der Waals surface area contributed by atoms with Gasteiger partial charge in [0.1, 0.15) is 0 Å². The average Bonchev–Trinajstić information content (AvgIpc) is 3.14. The zero-order valence-electron chi connectivity index (χ0n) is 15.4. The molecule has 3 aromatic rings. The first-order valence-electron chi connectivity index (χ1n) is 8.74. The third-order valence-corrected chi connectivity index (χ3v) is 5.12. The normalized spacial score (nSPS) is 13.6. The predicted octanol–water partition coefficient (Wildman–Crippen LogP) is 4.96. The van der Waals surface area contributed by atoms with Crippen molar-refractivity contribution in [3.8, 4) is 17.1 Å². The van der Waals surface area contributed by atoms with Crippen LogP contribution in [0.3, 0.4) is 0 Å². The third-order valence-electron chi connectivity index (χ3n) is 4.82. The van der Waals surface area contributed by atoms with Crippen LogP contribution in [0.1, 0.15) is 47.8 Å². The molecule has 2 aromatic carbocycles. The molecule has 0 unspecified atom stereocenters. The molecule has 2 heterocycles. The van der Waals surface area contributed by atoms with E-state index in [1.165, 1.54) is 5.56 Å². The van der Waals surface area contributed by atoms with Crippen molar-refractivity contribution in [3.63, 3.8) is 0 Å². The summed E-state index contributed by atoms with van der Waals surface area (Å²) in [6, 6.07) is 15.4. The van der Waals surface area contributed by atoms with Crippen molar-refractivity contribution >= 4 is 24.2 Å². The fraction of sp³-hybridized carbons (Fsp3) is 0.182. The SMILES string of the molecule is CC(C)(C)c1ccc(C2=NC(=O)c3c(-c4ccc(S)cc4)[nH]c(O)c32)cc1. The second-order valence-electron chi connectivity index (χ2n) is 7.74. The van der Waals surface area contributed by atoms with E-state index in [2.05, 4.69) is 43.4 Å². The Morgan fingerprint density at radius 3 is 2.11 bits per heavy atom. The van der Waals surface area contributed by atoms with E-state index >= 15 is 0 Å². The molecule has 0 spiro atoms. The zero-order valence-corrected chi connectivity index (χ0v) is 16.3. The van der Waals surface area contributed by atoms with Gasteiger partial charge >= 0.3 is 0 Å². The Morgan fingerprint density at radius 2 is 1.52 bits per heavy atom. The topological polar surface area (TPSA) is 65.5 Å². The standard InChI is InChI=1S/C22H20N2O2S/c1-22(2,3)14-8-4-12(5-9-14)18-16-17(21(26)23-18)19(24-20(16)25)13-6-10-15(27)11-7-13/h4-11,24-25,27H,1-3H3. The van der Waals surface area contributed by atoms with Gasteiger partial charge in [0.05, 0.1) is 22.5 Å². The molecule has 0 bridgehead atoms. The fourth-order valence-corrected chi connectivity index (χ4v) is 3.48. The van der Waals surface area contributed by atoms with Gasteiger partial charge in [-0.2, -0.15) is 0 Å². The van der Waals surface area contributed by atoms with E-state index in [1.807, 2.05) is 48.5 Å². The predicted molar refractivity (Wildman–Crippen MR) is 110 cm³/mol. The molecule has 4 nitrogen and oxygen atoms in total. The summed E-state index contributed by atoms with van der Waals surface area (Å²) in [4.78, 5) is 20.6. The summed E-state index contributed by atoms with van der Waals surface area (Å²) in [5.41, 5.74) is 4.80. The fourth-order valence-electron chi connectivity index (χ4n) is 3.33. The maximum atomic E-state index is 12.6. The van der Waals surface area contributed by atoms with Gasteiger partial charge in [0.25, 0.3) is 5.91 Å². The number of thiol groups is 1. The van der Waals surface area contributed by atoms with Crippen LogP contribution in [0.15, 0.2) is 58.4 Å². The molecule has 136 valence electrons. The number of amides is 1. The van der Waals surface area contributed by atoms with Crippen LogP contribution in [-0.2, 0) is 5.41 Å². The number of aromatic amines is 1. The number of H-pyrrole nitrogens is 1. The molecule has 1 aliphatic heterocycles. The zero-order chi connectivity index (χ0) is 19.3. The van der Waals surface area contributed by atoms with Gasteiger partial charge in [-0.1, -0.05) is 57.2 Å². The van der Waals surface area contributed by atoms with Gasteiger partial charge in [-0.05, 0) is 28.7 Å². The minimum Gasteiger partial charge on any atom is -0.494 e. The molecule has 0 aliphatic carbocycles. The number of carbonyl (C=O) groups excluding carboxylic acids is 1. The summed E-state index contributed by atoms with van der Waals surface area (Å²) < 4.78 is 0. The Hall–Kier alpha value is -2.79. The molecular formula is C22H20N2O2S. The van der Waals surface area contributed by atoms with Crippen molar-refractivity contribution in [1.29, 1.82) is 0 Å². The summed E-state index contributed by atoms with van der Waals surface area (Å²) >= 11 is 4.29. The van der Waals surface area contributed by atoms with E-state index in [1.54, 1.807) is 0 Å². The molecule has 0 saturated heterocycles. The first kappa shape index (κ1) is 17.6. The van der Waals surface area contributed by atoms with Crippen LogP contribution in [-0.4, -0.2) is 21.7 Å². The van der Waals surface area contributed by atoms with Gasteiger partial charge in [0.2, 0.25) is 0 Å². The molecule has 4 rings (SSSR count). The lowest BCUT2D eigenvalue weighted by Gasteiger charge is -2.19. The quantitative estimate of drug-likeness (QED) is 0.553. The van der Waals surface area contributed by atoms with E-state index in [0.29, 0.717) is 22.5 Å². The lowest BCUT2D eigenvalue weighted by molar-refractivity contribution is 0.101. The first-order chi connectivity index (χ1) is 12.8. The number of aliphatic imine (C=N–C) groups is 1. The summed E-state index contributed by atoms with van der Waals surface area (Å²) in [5.74, 6) is -0.388. The highest BCUT2D eigenvalue weighted by Gasteiger charge is 2.33. The Kier molecular flexibility index (Phi) is 4.00. The maximum Gasteiger partial charge on any atom is 0.280 e. The minimum atomic E-state index is -0.346. The molecule has 0 radical (unpaired) electrons. The first-order valence-corrected chi connectivity index (χ1v) is 9.19. The lowest BCUT2D eigenvalue weighted by Crippen LogP contribution is -2.11. The lowest BCUT2D eigenvalue weighted by atomic mass is 9.86. The molecular weight excluding hydrogens is 356 g/mol. The average molecular weight is 376 g/mol. The second-order valence-corrected chi connectivity index (χ2v) is 8.25. The van der Waals surface area contributed by atoms with E-state index in [0.717, 1.165) is 16.0 Å². The number of aromatic nitrogens is 1. The molecule has 27 heavy (non-hydrogen) atoms. The van der Waals surface area contributed by atoms with Crippen LogP contribution in [0.4, 0.5) is 0 Å². The summed E-state index contributed by atoms with van der Waals surface area (Å²) in [6.07, 6.45) is 0. The van der Waals surface area contributed by atoms with Crippen molar-refractivity contribution in [2.24, 2.45) is 4.99 Å². The summed E-state index contributed by atoms with van der Waals surface area (Å²) in [6.45, 7) is 6.45. The number of nitrogens with zero attached hydrogens (tertiary/aromatic N) is 1. The highest BCUT2D eigenvalue weighted by molar-refractivity contribution is 7.80. The van der Waals surface area contributed by atoms with Gasteiger partial charge in [-0.3, -0.25) is 4.79 Å². The monoisotopic (exact) mass is 376 g/mol. The van der Waals surface area contributed by atoms with Crippen LogP contribution in [0.5, 0.6) is 5.88 Å². The molecule has 1 aliphatic rings. The third kappa shape index (κ3) is 2.98. The highest BCUT2D eigenvalue weighted by Crippen LogP contribution is 2.38. The van der Waals surface area contributed by atoms with Crippen molar-refractivity contribution < 1.29 is 9.90 Å². The number of nitrogens with one attached hydrogen (secondary N) is 1. The highest BCUT2D eigenvalue weighted by atomic mass is 32.1. The van der Waals surface area contributed by atoms with Crippen LogP contribution in [0.2, 0.25) is 0 Å². The van der Waals surface area contributed by atoms with E-state index < -0.39 is 0 Å². The number of hydrogen-bond donors (Lipinski definition) is 3. The summed E-state index contributed by atoms with van der Waals surface area (Å²) in [7, 11) is 0. The minimum absolute atomic E-state index is 0.0412. The maximum absolute atomic E-state index is 12.6. The second kappa shape index (κ2) is 6.13. The smallest absolute Gasteiger partial charge is 0.280 e. The number of fused-ring (bicyclic) bond motifs is 1. The van der Waals surface area contributed by atoms with Crippen molar-refractivity contribution in [3.05, 3.63) is 70.8 Å². The molecule has 5 heteroatoms. The van der Waals surface area contributed by atoms with Crippen molar-refractivity contribution in [2.45, 2.75) is 31.1 Å². The molecule has 0 saturated carbocycles. The van der Waals surface area contributed by atoms with E-state index in [9.17, 15) is 9.90 Å². The van der Waals surface area contributed by atoms with E-state index in [-0.39, 0.29) is 17.2 Å². The van der Waals surface area contributed by atoms with Gasteiger partial charge < -0.3 is 10.1 Å². The molecule has 0 atom stereocenters. The largest absolute Gasteiger partial charge is 0.494 e. The van der Waals surface area contributed by atoms with Crippen LogP contribution >= 0.6 is 12.6 Å². The van der Waals surface area contributed by atoms with Crippen molar-refractivity contribution in [2.75, 3.05) is 0 Å². The number of aromatic hydroxyl groups is 1. The number of benzene rings is 2. The van der Waals surface area contributed by atoms with Gasteiger partial charge in [0.15, 0.2) is 5.88 Å². The van der Waals surface area contributed by atoms with Crippen LogP contribution in [0, 0.1) is 0 Å². The number of hydrogen-bond acceptors (Lipinski definition) is 3. The summed E-state index contributed by atoms with van der Waals surface area (Å²) in [5, 5.41) is 10.5. The van der Waals surface area contributed by atoms with Gasteiger partial charge in [0, 0.05) is 10.5 Å². The van der Waals surface area contributed by atoms with Gasteiger partial charge in [-0.25, -0.2) is 4.99 Å². The number of carbonyl (C=O) groups is 1. The van der Waals surface area contributed by atoms with Crippen LogP contribution < -0.4 is 0 Å². The Labute approximate surface area is 163 Å². The molecule has 1 aromatic heterocycles. The molecule has 0 fully saturated rings. The van der Waals surface area contributed by atoms with Crippen molar-refractivity contribution in [1.82, 2.24) is 4.98 Å². The molecule has 2 N–H and O–H groups in total. The van der Waals surface area contributed by atoms with Gasteiger partial charge in [-0.15, -0.1) is 12.6 Å². The number of rotatable bonds is 2. The van der Waals surface area contributed by atoms with Crippen LogP contribution in [0.25, 0.3) is 11.3 Å². The van der Waals surface area contributed by atoms with E-state index in [4.69, 9.17) is 0 Å².